The Hall–Kier alpha value is -0.840. The topological polar surface area (TPSA) is 53.3 Å². The smallest absolute Gasteiger partial charge is 0.128 e. The fourth-order valence-electron chi connectivity index (χ4n) is 1.14. The molecule has 0 aromatic rings. The number of allylic oxidation sites excluding steroid dienone is 2. The Morgan fingerprint density at radius 3 is 3.10 bits per heavy atom. The predicted molar refractivity (Wildman–Crippen MR) is 38.2 cm³/mol. The van der Waals surface area contributed by atoms with Crippen LogP contribution in [0.15, 0.2) is 24.4 Å². The third-order valence-electron chi connectivity index (χ3n) is 1.59. The van der Waals surface area contributed by atoms with Crippen molar-refractivity contribution >= 4 is 0 Å². The lowest BCUT2D eigenvalue weighted by Gasteiger charge is -2.19. The molecule has 1 saturated heterocycles. The average Bonchev–Trinajstić information content (AvgIpc) is 2.27. The molecule has 2 atom stereocenters. The van der Waals surface area contributed by atoms with Crippen LogP contribution in [0.25, 0.3) is 0 Å². The molecule has 2 rings (SSSR count). The summed E-state index contributed by atoms with van der Waals surface area (Å²) in [5.41, 5.74) is 8.58. The Bertz CT molecular complexity index is 166. The first kappa shape index (κ1) is 5.91. The lowest BCUT2D eigenvalue weighted by Crippen LogP contribution is -2.41. The van der Waals surface area contributed by atoms with Crippen molar-refractivity contribution < 1.29 is 0 Å². The molecular formula is C6H10N4. The number of nitrogens with two attached hydrogens (primary N) is 1. The van der Waals surface area contributed by atoms with Gasteiger partial charge in [0.05, 0.1) is 0 Å². The molecule has 2 heterocycles. The highest BCUT2D eigenvalue weighted by molar-refractivity contribution is 5.13. The second-order valence-electron chi connectivity index (χ2n) is 2.35. The van der Waals surface area contributed by atoms with Crippen LogP contribution in [0, 0.1) is 0 Å². The largest absolute Gasteiger partial charge is 0.302 e. The summed E-state index contributed by atoms with van der Waals surface area (Å²) >= 11 is 0. The molecular weight excluding hydrogens is 128 g/mol. The summed E-state index contributed by atoms with van der Waals surface area (Å²) in [7, 11) is 0. The van der Waals surface area contributed by atoms with Crippen LogP contribution in [0.4, 0.5) is 0 Å². The van der Waals surface area contributed by atoms with Crippen molar-refractivity contribution in [3.05, 3.63) is 24.4 Å². The van der Waals surface area contributed by atoms with Crippen molar-refractivity contribution in [1.82, 2.24) is 15.8 Å². The minimum absolute atomic E-state index is 0.127. The minimum Gasteiger partial charge on any atom is -0.302 e. The molecule has 0 saturated carbocycles. The Balaban J connectivity index is 2.14. The molecule has 54 valence electrons. The van der Waals surface area contributed by atoms with E-state index in [0.29, 0.717) is 0 Å². The number of nitrogens with one attached hydrogen (secondary N) is 2. The van der Waals surface area contributed by atoms with Crippen LogP contribution in [0.2, 0.25) is 0 Å². The molecule has 4 heteroatoms. The van der Waals surface area contributed by atoms with Crippen LogP contribution in [0.5, 0.6) is 0 Å². The molecule has 2 aliphatic rings. The van der Waals surface area contributed by atoms with E-state index in [1.54, 1.807) is 0 Å². The summed E-state index contributed by atoms with van der Waals surface area (Å²) in [6.07, 6.45) is 8.04. The van der Waals surface area contributed by atoms with E-state index < -0.39 is 0 Å². The number of rotatable bonds is 0. The minimum atomic E-state index is -0.127. The van der Waals surface area contributed by atoms with E-state index in [4.69, 9.17) is 5.73 Å². The fraction of sp³-hybridized carbons (Fsp3) is 0.333. The Morgan fingerprint density at radius 2 is 2.30 bits per heavy atom. The van der Waals surface area contributed by atoms with Gasteiger partial charge in [-0.1, -0.05) is 6.08 Å². The maximum Gasteiger partial charge on any atom is 0.128 e. The maximum atomic E-state index is 5.56. The maximum absolute atomic E-state index is 5.56. The summed E-state index contributed by atoms with van der Waals surface area (Å²) < 4.78 is 0. The van der Waals surface area contributed by atoms with Crippen LogP contribution in [-0.2, 0) is 0 Å². The lowest BCUT2D eigenvalue weighted by molar-refractivity contribution is 0.289. The molecule has 10 heavy (non-hydrogen) atoms. The molecule has 0 aromatic carbocycles. The van der Waals surface area contributed by atoms with Gasteiger partial charge in [-0.3, -0.25) is 10.3 Å². The van der Waals surface area contributed by atoms with Crippen molar-refractivity contribution in [2.24, 2.45) is 5.73 Å². The van der Waals surface area contributed by atoms with Gasteiger partial charge in [0.25, 0.3) is 0 Å². The average molecular weight is 138 g/mol. The van der Waals surface area contributed by atoms with Gasteiger partial charge in [0.15, 0.2) is 0 Å². The Labute approximate surface area is 59.3 Å². The Kier molecular flexibility index (Phi) is 1.23. The third kappa shape index (κ3) is 0.824. The molecule has 0 aliphatic carbocycles. The highest BCUT2D eigenvalue weighted by Gasteiger charge is 2.24. The van der Waals surface area contributed by atoms with Crippen LogP contribution in [0.3, 0.4) is 0 Å². The molecule has 0 aromatic heterocycles. The van der Waals surface area contributed by atoms with Crippen molar-refractivity contribution in [1.29, 1.82) is 0 Å². The normalized spacial score (nSPS) is 36.7. The van der Waals surface area contributed by atoms with Crippen molar-refractivity contribution in [3.8, 4) is 0 Å². The molecule has 0 radical (unpaired) electrons. The fourth-order valence-corrected chi connectivity index (χ4v) is 1.14. The molecule has 0 bridgehead atoms. The Morgan fingerprint density at radius 1 is 1.40 bits per heavy atom. The van der Waals surface area contributed by atoms with E-state index in [9.17, 15) is 0 Å². The van der Waals surface area contributed by atoms with Crippen LogP contribution in [0.1, 0.15) is 0 Å². The van der Waals surface area contributed by atoms with Crippen molar-refractivity contribution in [2.45, 2.75) is 12.5 Å². The van der Waals surface area contributed by atoms with Gasteiger partial charge >= 0.3 is 0 Å². The van der Waals surface area contributed by atoms with E-state index in [1.165, 1.54) is 0 Å². The monoisotopic (exact) mass is 138 g/mol. The number of hydrogen-bond donors (Lipinski definition) is 3. The van der Waals surface area contributed by atoms with Gasteiger partial charge < -0.3 is 5.73 Å². The summed E-state index contributed by atoms with van der Waals surface area (Å²) in [6, 6.07) is 0. The van der Waals surface area contributed by atoms with E-state index in [2.05, 4.69) is 10.7 Å². The zero-order chi connectivity index (χ0) is 6.97. The van der Waals surface area contributed by atoms with Gasteiger partial charge in [-0.25, -0.2) is 5.43 Å². The van der Waals surface area contributed by atoms with Crippen molar-refractivity contribution in [2.75, 3.05) is 0 Å². The highest BCUT2D eigenvalue weighted by Crippen LogP contribution is 2.06. The molecule has 0 amide bonds. The summed E-state index contributed by atoms with van der Waals surface area (Å²) in [4.78, 5) is 0. The second kappa shape index (κ2) is 2.09. The first-order chi connectivity index (χ1) is 4.86. The zero-order valence-corrected chi connectivity index (χ0v) is 5.49. The lowest BCUT2D eigenvalue weighted by atomic mass is 10.3. The van der Waals surface area contributed by atoms with Gasteiger partial charge in [-0.2, -0.15) is 0 Å². The second-order valence-corrected chi connectivity index (χ2v) is 2.35. The molecule has 2 aliphatic heterocycles. The third-order valence-corrected chi connectivity index (χ3v) is 1.59. The van der Waals surface area contributed by atoms with Crippen LogP contribution < -0.4 is 16.5 Å². The predicted octanol–water partition coefficient (Wildman–Crippen LogP) is -0.952. The van der Waals surface area contributed by atoms with Gasteiger partial charge in [0, 0.05) is 6.20 Å². The van der Waals surface area contributed by atoms with Gasteiger partial charge in [-0.05, 0) is 12.2 Å². The van der Waals surface area contributed by atoms with E-state index >= 15 is 0 Å². The first-order valence-corrected chi connectivity index (χ1v) is 3.27. The molecule has 2 unspecified atom stereocenters. The van der Waals surface area contributed by atoms with Crippen molar-refractivity contribution in [3.63, 3.8) is 0 Å². The number of fused-ring (bicyclic) bond motifs is 1. The van der Waals surface area contributed by atoms with E-state index in [-0.39, 0.29) is 12.5 Å². The SMILES string of the molecule is NC1NC2C=CC=CN2N1. The number of hydrogen-bond acceptors (Lipinski definition) is 4. The first-order valence-electron chi connectivity index (χ1n) is 3.27. The summed E-state index contributed by atoms with van der Waals surface area (Å²) in [5.74, 6) is 0. The highest BCUT2D eigenvalue weighted by atomic mass is 15.7. The summed E-state index contributed by atoms with van der Waals surface area (Å²) in [5, 5.41) is 5.05. The number of nitrogens with zero attached hydrogens (tertiary/aromatic N) is 1. The standard InChI is InChI=1S/C6H10N4/c7-6-8-5-3-1-2-4-10(5)9-6/h1-6,8-9H,7H2. The van der Waals surface area contributed by atoms with E-state index in [1.807, 2.05) is 29.4 Å². The van der Waals surface area contributed by atoms with Gasteiger partial charge in [-0.15, -0.1) is 0 Å². The molecule has 4 N–H and O–H groups in total. The van der Waals surface area contributed by atoms with Crippen LogP contribution >= 0.6 is 0 Å². The molecule has 0 spiro atoms. The van der Waals surface area contributed by atoms with Gasteiger partial charge in [0.2, 0.25) is 0 Å². The quantitative estimate of drug-likeness (QED) is 0.404. The van der Waals surface area contributed by atoms with E-state index in [0.717, 1.165) is 0 Å². The molecule has 1 fully saturated rings. The zero-order valence-electron chi connectivity index (χ0n) is 5.49. The number of hydrazine groups is 1. The van der Waals surface area contributed by atoms with Gasteiger partial charge in [0.1, 0.15) is 12.5 Å². The molecule has 4 nitrogen and oxygen atoms in total. The van der Waals surface area contributed by atoms with Crippen LogP contribution in [-0.4, -0.2) is 17.5 Å². The summed E-state index contributed by atoms with van der Waals surface area (Å²) in [6.45, 7) is 0.